The van der Waals surface area contributed by atoms with E-state index < -0.39 is 12.1 Å². The van der Waals surface area contributed by atoms with E-state index in [0.29, 0.717) is 25.7 Å². The summed E-state index contributed by atoms with van der Waals surface area (Å²) in [6.45, 7) is -2.93. The van der Waals surface area contributed by atoms with E-state index in [1.165, 1.54) is 0 Å². The summed E-state index contributed by atoms with van der Waals surface area (Å²) >= 11 is 8.15. The number of rotatable bonds is 18. The third kappa shape index (κ3) is 15.6. The number of hydrogen-bond donors (Lipinski definition) is 6. The van der Waals surface area contributed by atoms with Gasteiger partial charge in [0.15, 0.2) is 0 Å². The van der Waals surface area contributed by atoms with Crippen LogP contribution in [0.1, 0.15) is 64.2 Å². The van der Waals surface area contributed by atoms with E-state index in [1.54, 1.807) is 0 Å². The second-order valence-corrected chi connectivity index (χ2v) is 15.1. The second-order valence-electron chi connectivity index (χ2n) is 9.69. The molecule has 1 saturated carbocycles. The predicted molar refractivity (Wildman–Crippen MR) is 169 cm³/mol. The van der Waals surface area contributed by atoms with Gasteiger partial charge in [0.25, 0.3) is 6.57 Å². The topological polar surface area (TPSA) is 143 Å². The maximum absolute atomic E-state index is 13.5. The molecule has 4 N–H and O–H groups in total. The van der Waals surface area contributed by atoms with Crippen LogP contribution in [-0.2, 0) is 28.3 Å². The fourth-order valence-corrected chi connectivity index (χ4v) is 9.08. The summed E-state index contributed by atoms with van der Waals surface area (Å²) < 4.78 is 18.1. The first-order valence-corrected chi connectivity index (χ1v) is 18.2. The SMILES string of the molecule is C#CCNC(=O)CCC(CCC(=O)NCC#C)(CCC(=O)NCC#C)NC(=O)[C@H]1CC[C@@H](OP(=O)(S)CSS)CC1. The maximum atomic E-state index is 13.5. The van der Waals surface area contributed by atoms with Crippen LogP contribution in [0, 0.1) is 42.9 Å². The first-order valence-electron chi connectivity index (χ1n) is 13.2. The van der Waals surface area contributed by atoms with Crippen molar-refractivity contribution in [2.75, 3.05) is 25.1 Å². The Labute approximate surface area is 257 Å². The van der Waals surface area contributed by atoms with Crippen molar-refractivity contribution in [2.24, 2.45) is 5.92 Å². The molecule has 1 atom stereocenters. The Hall–Kier alpha value is -2.20. The fraction of sp³-hybridized carbons (Fsp3) is 0.630. The van der Waals surface area contributed by atoms with Crippen molar-refractivity contribution in [3.05, 3.63) is 0 Å². The number of nitrogens with one attached hydrogen (secondary N) is 4. The third-order valence-electron chi connectivity index (χ3n) is 6.62. The summed E-state index contributed by atoms with van der Waals surface area (Å²) in [4.78, 5) is 50.8. The first kappa shape index (κ1) is 36.8. The van der Waals surface area contributed by atoms with E-state index in [9.17, 15) is 23.7 Å². The summed E-state index contributed by atoms with van der Waals surface area (Å²) in [6.07, 6.45) is 18.0. The van der Waals surface area contributed by atoms with Crippen LogP contribution < -0.4 is 21.3 Å². The van der Waals surface area contributed by atoms with E-state index >= 15 is 0 Å². The Morgan fingerprint density at radius 2 is 1.24 bits per heavy atom. The minimum absolute atomic E-state index is 0.0148. The Kier molecular flexibility index (Phi) is 17.8. The standard InChI is InChI=1S/C27H39N4O6PS3/c1-4-17-28-23(32)11-14-27(15-12-24(33)29-18-5-2,16-13-25(34)30-19-6-3)31-26(35)21-7-9-22(10-8-21)37-38(36,39)20-41-40/h1-3,21-22,40H,7-20H2,(H,28,32)(H,29,33)(H,30,34)(H,31,35)(H,36,39)/t21-,22+,38?. The second kappa shape index (κ2) is 19.8. The van der Waals surface area contributed by atoms with Crippen LogP contribution in [0.25, 0.3) is 0 Å². The first-order chi connectivity index (χ1) is 19.5. The zero-order valence-corrected chi connectivity index (χ0v) is 26.5. The quantitative estimate of drug-likeness (QED) is 0.0584. The molecule has 41 heavy (non-hydrogen) atoms. The van der Waals surface area contributed by atoms with Gasteiger partial charge in [-0.3, -0.25) is 23.7 Å². The molecule has 1 rings (SSSR count). The molecule has 4 amide bonds. The van der Waals surface area contributed by atoms with Gasteiger partial charge in [-0.25, -0.2) is 0 Å². The normalized spacial score (nSPS) is 17.9. The van der Waals surface area contributed by atoms with Crippen molar-refractivity contribution in [2.45, 2.75) is 75.9 Å². The molecule has 0 aliphatic heterocycles. The number of amides is 4. The molecule has 0 aromatic heterocycles. The highest BCUT2D eigenvalue weighted by atomic mass is 33.1. The highest BCUT2D eigenvalue weighted by Gasteiger charge is 2.37. The molecule has 1 fully saturated rings. The Balaban J connectivity index is 3.08. The molecule has 0 heterocycles. The van der Waals surface area contributed by atoms with Gasteiger partial charge in [0.05, 0.1) is 31.2 Å². The molecule has 0 bridgehead atoms. The van der Waals surface area contributed by atoms with Gasteiger partial charge >= 0.3 is 0 Å². The maximum Gasteiger partial charge on any atom is 0.265 e. The van der Waals surface area contributed by atoms with Crippen molar-refractivity contribution >= 4 is 64.9 Å². The molecule has 1 aliphatic rings. The lowest BCUT2D eigenvalue weighted by Crippen LogP contribution is -2.52. The van der Waals surface area contributed by atoms with Gasteiger partial charge in [-0.1, -0.05) is 40.8 Å². The van der Waals surface area contributed by atoms with Gasteiger partial charge in [-0.05, 0) is 44.9 Å². The number of terminal acetylenes is 3. The highest BCUT2D eigenvalue weighted by molar-refractivity contribution is 8.71. The Bertz CT molecular complexity index is 993. The van der Waals surface area contributed by atoms with Crippen LogP contribution in [0.15, 0.2) is 0 Å². The molecule has 0 saturated heterocycles. The molecule has 14 heteroatoms. The van der Waals surface area contributed by atoms with Crippen LogP contribution in [-0.4, -0.2) is 60.4 Å². The molecular formula is C27H39N4O6PS3. The summed E-state index contributed by atoms with van der Waals surface area (Å²) in [6, 6.07) is 0. The van der Waals surface area contributed by atoms with Gasteiger partial charge in [-0.15, -0.1) is 30.9 Å². The fourth-order valence-electron chi connectivity index (χ4n) is 4.47. The van der Waals surface area contributed by atoms with Gasteiger partial charge in [0, 0.05) is 30.7 Å². The average molecular weight is 643 g/mol. The third-order valence-corrected chi connectivity index (χ3v) is 11.4. The molecule has 1 unspecified atom stereocenters. The molecule has 0 aromatic rings. The predicted octanol–water partition coefficient (Wildman–Crippen LogP) is 2.66. The number of carbonyl (C=O) groups excluding carboxylic acids is 4. The van der Waals surface area contributed by atoms with Crippen LogP contribution >= 0.6 is 41.3 Å². The summed E-state index contributed by atoms with van der Waals surface area (Å²) in [5, 5.41) is 10.9. The number of hydrogen-bond acceptors (Lipinski definition) is 8. The molecule has 0 aromatic carbocycles. The summed E-state index contributed by atoms with van der Waals surface area (Å²) in [7, 11) is 1.09. The van der Waals surface area contributed by atoms with Gasteiger partial charge in [0.2, 0.25) is 23.6 Å². The van der Waals surface area contributed by atoms with Crippen LogP contribution in [0.3, 0.4) is 0 Å². The monoisotopic (exact) mass is 642 g/mol. The lowest BCUT2D eigenvalue weighted by Gasteiger charge is -2.37. The summed E-state index contributed by atoms with van der Waals surface area (Å²) in [5.41, 5.74) is -0.885. The lowest BCUT2D eigenvalue weighted by atomic mass is 9.81. The zero-order chi connectivity index (χ0) is 30.7. The summed E-state index contributed by atoms with van der Waals surface area (Å²) in [5.74, 6) is 5.45. The van der Waals surface area contributed by atoms with Crippen molar-refractivity contribution < 1.29 is 28.3 Å². The zero-order valence-electron chi connectivity index (χ0n) is 23.0. The molecule has 10 nitrogen and oxygen atoms in total. The largest absolute Gasteiger partial charge is 0.350 e. The average Bonchev–Trinajstić information content (AvgIpc) is 2.94. The lowest BCUT2D eigenvalue weighted by molar-refractivity contribution is -0.131. The number of thiol groups is 2. The van der Waals surface area contributed by atoms with Crippen LogP contribution in [0.4, 0.5) is 0 Å². The Morgan fingerprint density at radius 3 is 1.61 bits per heavy atom. The Morgan fingerprint density at radius 1 is 0.829 bits per heavy atom. The van der Waals surface area contributed by atoms with Gasteiger partial charge in [0.1, 0.15) is 0 Å². The van der Waals surface area contributed by atoms with Crippen molar-refractivity contribution in [3.8, 4) is 37.0 Å². The van der Waals surface area contributed by atoms with Crippen molar-refractivity contribution in [1.82, 2.24) is 21.3 Å². The van der Waals surface area contributed by atoms with Crippen molar-refractivity contribution in [1.29, 1.82) is 0 Å². The minimum atomic E-state index is -3.09. The van der Waals surface area contributed by atoms with Crippen molar-refractivity contribution in [3.63, 3.8) is 0 Å². The van der Waals surface area contributed by atoms with E-state index in [0.717, 1.165) is 10.8 Å². The molecule has 226 valence electrons. The van der Waals surface area contributed by atoms with Crippen LogP contribution in [0.2, 0.25) is 0 Å². The van der Waals surface area contributed by atoms with Crippen LogP contribution in [0.5, 0.6) is 0 Å². The van der Waals surface area contributed by atoms with E-state index in [-0.39, 0.29) is 99.3 Å². The highest BCUT2D eigenvalue weighted by Crippen LogP contribution is 2.57. The molecule has 0 radical (unpaired) electrons. The smallest absolute Gasteiger partial charge is 0.265 e. The molecule has 0 spiro atoms. The van der Waals surface area contributed by atoms with E-state index in [1.807, 2.05) is 0 Å². The van der Waals surface area contributed by atoms with Gasteiger partial charge in [-0.2, -0.15) is 0 Å². The van der Waals surface area contributed by atoms with Gasteiger partial charge < -0.3 is 25.8 Å². The molecular weight excluding hydrogens is 603 g/mol. The molecule has 1 aliphatic carbocycles. The minimum Gasteiger partial charge on any atom is -0.350 e. The van der Waals surface area contributed by atoms with E-state index in [4.69, 9.17) is 23.8 Å². The van der Waals surface area contributed by atoms with E-state index in [2.05, 4.69) is 62.9 Å². The number of carbonyl (C=O) groups is 4.